The Labute approximate surface area is 184 Å². The summed E-state index contributed by atoms with van der Waals surface area (Å²) < 4.78 is 27.7. The van der Waals surface area contributed by atoms with Crippen LogP contribution in [0, 0.1) is 0 Å². The fourth-order valence-corrected chi connectivity index (χ4v) is 5.52. The molecule has 1 heterocycles. The van der Waals surface area contributed by atoms with Crippen LogP contribution in [0.25, 0.3) is 0 Å². The number of guanidine groups is 1. The summed E-state index contributed by atoms with van der Waals surface area (Å²) in [6.07, 6.45) is 1.73. The number of thioether (sulfide) groups is 1. The maximum absolute atomic E-state index is 13.3. The molecule has 0 aromatic heterocycles. The lowest BCUT2D eigenvalue weighted by Crippen LogP contribution is -2.44. The van der Waals surface area contributed by atoms with Gasteiger partial charge < -0.3 is 5.73 Å². The van der Waals surface area contributed by atoms with Crippen molar-refractivity contribution in [1.29, 1.82) is 0 Å². The fourth-order valence-electron chi connectivity index (χ4n) is 2.75. The summed E-state index contributed by atoms with van der Waals surface area (Å²) in [6.45, 7) is 3.51. The van der Waals surface area contributed by atoms with Crippen molar-refractivity contribution in [2.75, 3.05) is 0 Å². The summed E-state index contributed by atoms with van der Waals surface area (Å²) in [5, 5.41) is 0.873. The number of allylic oxidation sites excluding steroid dienone is 1. The highest BCUT2D eigenvalue weighted by molar-refractivity contribution is 8.13. The zero-order chi connectivity index (χ0) is 21.2. The minimum Gasteiger partial charge on any atom is -0.378 e. The standard InChI is InChI=1S/C19H18Cl2N4O2S2/c1-12-11-13(2)25(29(26,27)17-6-4-3-5-16(17)21)19(23-12)24-18(22)28-15-9-7-14(20)8-10-15/h3-11,13H,1-2H3,(H2,22,23,24). The van der Waals surface area contributed by atoms with E-state index in [4.69, 9.17) is 28.9 Å². The molecule has 1 unspecified atom stereocenters. The topological polar surface area (TPSA) is 88.1 Å². The number of halogens is 2. The third-order valence-electron chi connectivity index (χ3n) is 3.95. The molecule has 0 amide bonds. The maximum Gasteiger partial charge on any atom is 0.268 e. The lowest BCUT2D eigenvalue weighted by Gasteiger charge is -2.30. The minimum absolute atomic E-state index is 0.0172. The van der Waals surface area contributed by atoms with Gasteiger partial charge in [0.1, 0.15) is 4.90 Å². The Morgan fingerprint density at radius 1 is 1.17 bits per heavy atom. The SMILES string of the molecule is CC1=CC(C)N(S(=O)(=O)c2ccccc2Cl)C(N=C(N)Sc2ccc(Cl)cc2)=N1. The number of nitrogens with two attached hydrogens (primary N) is 1. The first-order valence-corrected chi connectivity index (χ1v) is 11.5. The highest BCUT2D eigenvalue weighted by Crippen LogP contribution is 2.29. The van der Waals surface area contributed by atoms with Crippen LogP contribution in [0.15, 0.2) is 80.1 Å². The van der Waals surface area contributed by atoms with Gasteiger partial charge in [-0.25, -0.2) is 17.7 Å². The molecule has 1 atom stereocenters. The van der Waals surface area contributed by atoms with Gasteiger partial charge in [-0.1, -0.05) is 47.1 Å². The van der Waals surface area contributed by atoms with Gasteiger partial charge in [-0.15, -0.1) is 0 Å². The molecule has 2 N–H and O–H groups in total. The van der Waals surface area contributed by atoms with Crippen molar-refractivity contribution in [1.82, 2.24) is 4.31 Å². The molecule has 2 aromatic rings. The van der Waals surface area contributed by atoms with Gasteiger partial charge in [-0.3, -0.25) is 0 Å². The van der Waals surface area contributed by atoms with Crippen LogP contribution in [0.2, 0.25) is 10.0 Å². The molecule has 29 heavy (non-hydrogen) atoms. The van der Waals surface area contributed by atoms with E-state index < -0.39 is 16.1 Å². The molecule has 0 fully saturated rings. The van der Waals surface area contributed by atoms with Crippen molar-refractivity contribution >= 4 is 56.1 Å². The molecular formula is C19H18Cl2N4O2S2. The van der Waals surface area contributed by atoms with E-state index >= 15 is 0 Å². The molecule has 0 bridgehead atoms. The van der Waals surface area contributed by atoms with Crippen molar-refractivity contribution < 1.29 is 8.42 Å². The van der Waals surface area contributed by atoms with E-state index in [2.05, 4.69) is 9.98 Å². The van der Waals surface area contributed by atoms with Gasteiger partial charge in [0.25, 0.3) is 10.0 Å². The van der Waals surface area contributed by atoms with E-state index in [1.165, 1.54) is 23.9 Å². The van der Waals surface area contributed by atoms with Crippen LogP contribution >= 0.6 is 35.0 Å². The predicted octanol–water partition coefficient (Wildman–Crippen LogP) is 4.75. The molecule has 3 rings (SSSR count). The van der Waals surface area contributed by atoms with Crippen LogP contribution in [0.3, 0.4) is 0 Å². The monoisotopic (exact) mass is 468 g/mol. The Morgan fingerprint density at radius 2 is 1.83 bits per heavy atom. The van der Waals surface area contributed by atoms with Gasteiger partial charge in [-0.05, 0) is 56.3 Å². The van der Waals surface area contributed by atoms with Crippen molar-refractivity contribution in [2.45, 2.75) is 29.7 Å². The van der Waals surface area contributed by atoms with Crippen LogP contribution in [-0.2, 0) is 10.0 Å². The van der Waals surface area contributed by atoms with Crippen LogP contribution in [0.1, 0.15) is 13.8 Å². The number of benzene rings is 2. The van der Waals surface area contributed by atoms with E-state index in [-0.39, 0.29) is 21.0 Å². The molecule has 0 aliphatic carbocycles. The Kier molecular flexibility index (Phi) is 6.58. The Bertz CT molecular complexity index is 1110. The van der Waals surface area contributed by atoms with Crippen molar-refractivity contribution in [3.63, 3.8) is 0 Å². The first-order valence-electron chi connectivity index (χ1n) is 8.52. The van der Waals surface area contributed by atoms with Crippen molar-refractivity contribution in [2.24, 2.45) is 15.7 Å². The van der Waals surface area contributed by atoms with Gasteiger partial charge >= 0.3 is 0 Å². The third kappa shape index (κ3) is 4.95. The molecule has 0 saturated heterocycles. The maximum atomic E-state index is 13.3. The van der Waals surface area contributed by atoms with Gasteiger partial charge in [0.05, 0.1) is 11.1 Å². The molecule has 0 spiro atoms. The van der Waals surface area contributed by atoms with Crippen molar-refractivity contribution in [3.8, 4) is 0 Å². The molecule has 0 radical (unpaired) electrons. The van der Waals surface area contributed by atoms with Crippen LogP contribution in [0.4, 0.5) is 0 Å². The molecule has 2 aromatic carbocycles. The number of amidine groups is 1. The summed E-state index contributed by atoms with van der Waals surface area (Å²) in [7, 11) is -4.00. The number of sulfonamides is 1. The van der Waals surface area contributed by atoms with Crippen LogP contribution < -0.4 is 5.73 Å². The quantitative estimate of drug-likeness (QED) is 0.399. The zero-order valence-corrected chi connectivity index (χ0v) is 18.7. The van der Waals surface area contributed by atoms with Crippen LogP contribution in [0.5, 0.6) is 0 Å². The Balaban J connectivity index is 1.99. The third-order valence-corrected chi connectivity index (χ3v) is 7.37. The number of aliphatic imine (C=N–C) groups is 2. The van der Waals surface area contributed by atoms with Crippen molar-refractivity contribution in [3.05, 3.63) is 70.3 Å². The second-order valence-electron chi connectivity index (χ2n) is 6.20. The fraction of sp³-hybridized carbons (Fsp3) is 0.158. The number of hydrogen-bond acceptors (Lipinski definition) is 5. The summed E-state index contributed by atoms with van der Waals surface area (Å²) in [4.78, 5) is 9.40. The normalized spacial score (nSPS) is 17.7. The highest BCUT2D eigenvalue weighted by atomic mass is 35.5. The van der Waals surface area contributed by atoms with E-state index in [1.54, 1.807) is 56.3 Å². The first kappa shape index (κ1) is 21.7. The second-order valence-corrected chi connectivity index (χ2v) is 9.92. The smallest absolute Gasteiger partial charge is 0.268 e. The predicted molar refractivity (Wildman–Crippen MR) is 120 cm³/mol. The van der Waals surface area contributed by atoms with E-state index in [0.29, 0.717) is 10.7 Å². The largest absolute Gasteiger partial charge is 0.378 e. The van der Waals surface area contributed by atoms with E-state index in [1.807, 2.05) is 0 Å². The number of nitrogens with zero attached hydrogens (tertiary/aromatic N) is 3. The number of hydrogen-bond donors (Lipinski definition) is 1. The van der Waals surface area contributed by atoms with Gasteiger partial charge in [0.15, 0.2) is 5.17 Å². The molecule has 10 heteroatoms. The summed E-state index contributed by atoms with van der Waals surface area (Å²) in [6, 6.07) is 12.8. The first-order chi connectivity index (χ1) is 13.7. The molecule has 1 aliphatic rings. The van der Waals surface area contributed by atoms with E-state index in [0.717, 1.165) is 9.20 Å². The lowest BCUT2D eigenvalue weighted by atomic mass is 10.2. The van der Waals surface area contributed by atoms with Gasteiger partial charge in [0, 0.05) is 15.6 Å². The summed E-state index contributed by atoms with van der Waals surface area (Å²) in [5.74, 6) is -0.0172. The van der Waals surface area contributed by atoms with E-state index in [9.17, 15) is 8.42 Å². The summed E-state index contributed by atoms with van der Waals surface area (Å²) >= 11 is 13.2. The summed E-state index contributed by atoms with van der Waals surface area (Å²) in [5.41, 5.74) is 6.72. The minimum atomic E-state index is -4.00. The molecule has 1 aliphatic heterocycles. The Hall–Kier alpha value is -2.00. The highest BCUT2D eigenvalue weighted by Gasteiger charge is 2.35. The molecule has 6 nitrogen and oxygen atoms in total. The average Bonchev–Trinajstić information content (AvgIpc) is 2.63. The molecule has 0 saturated carbocycles. The average molecular weight is 469 g/mol. The molecular weight excluding hydrogens is 451 g/mol. The Morgan fingerprint density at radius 3 is 2.48 bits per heavy atom. The second kappa shape index (κ2) is 8.79. The van der Waals surface area contributed by atoms with Crippen LogP contribution in [-0.4, -0.2) is 29.9 Å². The number of rotatable bonds is 3. The molecule has 152 valence electrons. The van der Waals surface area contributed by atoms with Gasteiger partial charge in [-0.2, -0.15) is 4.99 Å². The zero-order valence-electron chi connectivity index (χ0n) is 15.6. The van der Waals surface area contributed by atoms with Gasteiger partial charge in [0.2, 0.25) is 5.96 Å². The lowest BCUT2D eigenvalue weighted by molar-refractivity contribution is 0.485.